The van der Waals surface area contributed by atoms with Crippen molar-refractivity contribution in [3.05, 3.63) is 36.4 Å². The molecule has 0 bridgehead atoms. The number of anilines is 1. The summed E-state index contributed by atoms with van der Waals surface area (Å²) < 4.78 is 1.67. The van der Waals surface area contributed by atoms with E-state index in [0.717, 1.165) is 0 Å². The van der Waals surface area contributed by atoms with Crippen LogP contribution in [0.3, 0.4) is 0 Å². The third-order valence-corrected chi connectivity index (χ3v) is 2.13. The molecule has 0 aliphatic heterocycles. The van der Waals surface area contributed by atoms with Crippen molar-refractivity contribution in [2.45, 2.75) is 6.54 Å². The maximum Gasteiger partial charge on any atom is 0.253 e. The first-order chi connectivity index (χ1) is 8.25. The zero-order valence-corrected chi connectivity index (χ0v) is 9.08. The molecule has 2 aromatic heterocycles. The molecule has 0 atom stereocenters. The standard InChI is InChI=1S/C10H12N6O/c11-9-6-15-16(7-9)4-3-12-10(17)8-1-2-13-14-5-8/h1-2,5-7H,3-4,11H2,(H,12,17). The Morgan fingerprint density at radius 3 is 2.94 bits per heavy atom. The molecule has 7 heteroatoms. The van der Waals surface area contributed by atoms with Gasteiger partial charge in [0.05, 0.1) is 36.4 Å². The van der Waals surface area contributed by atoms with Crippen molar-refractivity contribution >= 4 is 11.6 Å². The van der Waals surface area contributed by atoms with Crippen molar-refractivity contribution in [1.82, 2.24) is 25.3 Å². The topological polar surface area (TPSA) is 98.7 Å². The Bertz CT molecular complexity index is 495. The molecule has 2 heterocycles. The summed E-state index contributed by atoms with van der Waals surface area (Å²) in [7, 11) is 0. The van der Waals surface area contributed by atoms with Crippen molar-refractivity contribution in [3.63, 3.8) is 0 Å². The van der Waals surface area contributed by atoms with Gasteiger partial charge in [0, 0.05) is 12.7 Å². The molecule has 2 aromatic rings. The van der Waals surface area contributed by atoms with Gasteiger partial charge in [0.15, 0.2) is 0 Å². The highest BCUT2D eigenvalue weighted by Crippen LogP contribution is 1.97. The van der Waals surface area contributed by atoms with Crippen LogP contribution < -0.4 is 11.1 Å². The third kappa shape index (κ3) is 3.00. The summed E-state index contributed by atoms with van der Waals surface area (Å²) in [5, 5.41) is 14.0. The van der Waals surface area contributed by atoms with Gasteiger partial charge in [-0.15, -0.1) is 0 Å². The molecule has 0 radical (unpaired) electrons. The van der Waals surface area contributed by atoms with Gasteiger partial charge in [-0.3, -0.25) is 9.48 Å². The quantitative estimate of drug-likeness (QED) is 0.753. The molecular formula is C10H12N6O. The average Bonchev–Trinajstić information content (AvgIpc) is 2.76. The Kier molecular flexibility index (Phi) is 3.29. The number of carbonyl (C=O) groups excluding carboxylic acids is 1. The molecule has 0 aliphatic rings. The van der Waals surface area contributed by atoms with Crippen LogP contribution in [0.1, 0.15) is 10.4 Å². The molecule has 0 spiro atoms. The minimum Gasteiger partial charge on any atom is -0.396 e. The smallest absolute Gasteiger partial charge is 0.253 e. The zero-order valence-electron chi connectivity index (χ0n) is 9.08. The Morgan fingerprint density at radius 1 is 1.41 bits per heavy atom. The molecule has 7 nitrogen and oxygen atoms in total. The Balaban J connectivity index is 1.81. The highest BCUT2D eigenvalue weighted by Gasteiger charge is 2.04. The Labute approximate surface area is 97.6 Å². The van der Waals surface area contributed by atoms with E-state index in [1.165, 1.54) is 12.4 Å². The number of rotatable bonds is 4. The van der Waals surface area contributed by atoms with Gasteiger partial charge in [-0.1, -0.05) is 0 Å². The lowest BCUT2D eigenvalue weighted by atomic mass is 10.3. The fourth-order valence-corrected chi connectivity index (χ4v) is 1.31. The fraction of sp³-hybridized carbons (Fsp3) is 0.200. The molecule has 0 aliphatic carbocycles. The number of carbonyl (C=O) groups is 1. The van der Waals surface area contributed by atoms with Crippen LogP contribution in [0.5, 0.6) is 0 Å². The maximum atomic E-state index is 11.6. The first-order valence-electron chi connectivity index (χ1n) is 5.08. The van der Waals surface area contributed by atoms with Gasteiger partial charge in [-0.05, 0) is 6.07 Å². The molecule has 0 unspecified atom stereocenters. The second-order valence-electron chi connectivity index (χ2n) is 3.42. The molecule has 0 saturated carbocycles. The number of hydrogen-bond acceptors (Lipinski definition) is 5. The molecular weight excluding hydrogens is 220 g/mol. The maximum absolute atomic E-state index is 11.6. The van der Waals surface area contributed by atoms with E-state index < -0.39 is 0 Å². The fourth-order valence-electron chi connectivity index (χ4n) is 1.31. The molecule has 3 N–H and O–H groups in total. The summed E-state index contributed by atoms with van der Waals surface area (Å²) in [6.07, 6.45) is 6.17. The molecule has 17 heavy (non-hydrogen) atoms. The predicted octanol–water partition coefficient (Wildman–Crippen LogP) is -0.315. The predicted molar refractivity (Wildman–Crippen MR) is 61.0 cm³/mol. The van der Waals surface area contributed by atoms with Crippen LogP contribution in [0.15, 0.2) is 30.9 Å². The van der Waals surface area contributed by atoms with Crippen LogP contribution in [-0.2, 0) is 6.54 Å². The van der Waals surface area contributed by atoms with Crippen LogP contribution >= 0.6 is 0 Å². The lowest BCUT2D eigenvalue weighted by Crippen LogP contribution is -2.27. The van der Waals surface area contributed by atoms with E-state index in [0.29, 0.717) is 24.3 Å². The molecule has 88 valence electrons. The summed E-state index contributed by atoms with van der Waals surface area (Å²) in [6.45, 7) is 1.05. The van der Waals surface area contributed by atoms with E-state index in [1.807, 2.05) is 0 Å². The van der Waals surface area contributed by atoms with E-state index in [9.17, 15) is 4.79 Å². The number of nitrogens with zero attached hydrogens (tertiary/aromatic N) is 4. The van der Waals surface area contributed by atoms with E-state index in [1.54, 1.807) is 23.1 Å². The minimum absolute atomic E-state index is 0.181. The third-order valence-electron chi connectivity index (χ3n) is 2.13. The van der Waals surface area contributed by atoms with Crippen molar-refractivity contribution in [2.24, 2.45) is 0 Å². The molecule has 2 rings (SSSR count). The van der Waals surface area contributed by atoms with Crippen molar-refractivity contribution in [3.8, 4) is 0 Å². The highest BCUT2D eigenvalue weighted by molar-refractivity contribution is 5.93. The summed E-state index contributed by atoms with van der Waals surface area (Å²) in [6, 6.07) is 1.61. The Morgan fingerprint density at radius 2 is 2.29 bits per heavy atom. The second-order valence-corrected chi connectivity index (χ2v) is 3.42. The van der Waals surface area contributed by atoms with Gasteiger partial charge in [-0.25, -0.2) is 0 Å². The molecule has 0 saturated heterocycles. The van der Waals surface area contributed by atoms with E-state index >= 15 is 0 Å². The first-order valence-corrected chi connectivity index (χ1v) is 5.08. The van der Waals surface area contributed by atoms with Crippen LogP contribution in [0.4, 0.5) is 5.69 Å². The number of nitrogens with two attached hydrogens (primary N) is 1. The number of aromatic nitrogens is 4. The van der Waals surface area contributed by atoms with Crippen LogP contribution in [0, 0.1) is 0 Å². The largest absolute Gasteiger partial charge is 0.396 e. The van der Waals surface area contributed by atoms with Gasteiger partial charge < -0.3 is 11.1 Å². The number of hydrogen-bond donors (Lipinski definition) is 2. The summed E-state index contributed by atoms with van der Waals surface area (Å²) in [5.41, 5.74) is 6.61. The van der Waals surface area contributed by atoms with Gasteiger partial charge in [0.2, 0.25) is 0 Å². The van der Waals surface area contributed by atoms with Crippen molar-refractivity contribution in [1.29, 1.82) is 0 Å². The normalized spacial score (nSPS) is 10.1. The van der Waals surface area contributed by atoms with Gasteiger partial charge in [0.25, 0.3) is 5.91 Å². The molecule has 0 fully saturated rings. The molecule has 0 aromatic carbocycles. The number of nitrogens with one attached hydrogen (secondary N) is 1. The molecule has 1 amide bonds. The highest BCUT2D eigenvalue weighted by atomic mass is 16.1. The number of amides is 1. The van der Waals surface area contributed by atoms with Gasteiger partial charge in [-0.2, -0.15) is 15.3 Å². The average molecular weight is 232 g/mol. The first kappa shape index (κ1) is 11.1. The van der Waals surface area contributed by atoms with Gasteiger partial charge >= 0.3 is 0 Å². The van der Waals surface area contributed by atoms with Gasteiger partial charge in [0.1, 0.15) is 0 Å². The zero-order chi connectivity index (χ0) is 12.1. The lowest BCUT2D eigenvalue weighted by Gasteiger charge is -2.04. The van der Waals surface area contributed by atoms with E-state index in [2.05, 4.69) is 20.6 Å². The van der Waals surface area contributed by atoms with E-state index in [-0.39, 0.29) is 5.91 Å². The minimum atomic E-state index is -0.181. The summed E-state index contributed by atoms with van der Waals surface area (Å²) in [5.74, 6) is -0.181. The van der Waals surface area contributed by atoms with Crippen molar-refractivity contribution < 1.29 is 4.79 Å². The lowest BCUT2D eigenvalue weighted by molar-refractivity contribution is 0.0951. The van der Waals surface area contributed by atoms with Crippen LogP contribution in [0.25, 0.3) is 0 Å². The van der Waals surface area contributed by atoms with Crippen LogP contribution in [0.2, 0.25) is 0 Å². The monoisotopic (exact) mass is 232 g/mol. The second kappa shape index (κ2) is 5.06. The Hall–Kier alpha value is -2.44. The van der Waals surface area contributed by atoms with Crippen molar-refractivity contribution in [2.75, 3.05) is 12.3 Å². The number of nitrogen functional groups attached to an aromatic ring is 1. The summed E-state index contributed by atoms with van der Waals surface area (Å²) >= 11 is 0. The van der Waals surface area contributed by atoms with Crippen LogP contribution in [-0.4, -0.2) is 32.4 Å². The summed E-state index contributed by atoms with van der Waals surface area (Å²) in [4.78, 5) is 11.6. The SMILES string of the molecule is Nc1cnn(CCNC(=O)c2ccnnc2)c1. The van der Waals surface area contributed by atoms with E-state index in [4.69, 9.17) is 5.73 Å².